The molecule has 0 radical (unpaired) electrons. The second-order valence-corrected chi connectivity index (χ2v) is 10.4. The van der Waals surface area contributed by atoms with Gasteiger partial charge in [-0.25, -0.2) is 9.78 Å². The Morgan fingerprint density at radius 2 is 2.05 bits per heavy atom. The summed E-state index contributed by atoms with van der Waals surface area (Å²) in [5.74, 6) is 0.602. The maximum atomic E-state index is 11.9. The van der Waals surface area contributed by atoms with E-state index < -0.39 is 6.09 Å². The van der Waals surface area contributed by atoms with Crippen molar-refractivity contribution in [3.05, 3.63) is 34.6 Å². The molecule has 15 heteroatoms. The number of nitrogens with zero attached hydrogens (tertiary/aromatic N) is 9. The number of carboxylic acid groups (broad SMARTS) is 1. The van der Waals surface area contributed by atoms with E-state index in [2.05, 4.69) is 47.6 Å². The number of ether oxygens (including phenoxy) is 1. The van der Waals surface area contributed by atoms with Gasteiger partial charge in [-0.05, 0) is 32.5 Å². The number of likely N-dealkylation sites (N-methyl/N-ethyl adjacent to an activating group) is 2. The molecule has 1 aromatic carbocycles. The van der Waals surface area contributed by atoms with Gasteiger partial charge in [0, 0.05) is 32.7 Å². The van der Waals surface area contributed by atoms with E-state index in [0.29, 0.717) is 72.7 Å². The Hall–Kier alpha value is -4.37. The Morgan fingerprint density at radius 1 is 1.27 bits per heavy atom. The Morgan fingerprint density at radius 3 is 2.68 bits per heavy atom. The number of rotatable bonds is 8. The first kappa shape index (κ1) is 28.2. The minimum Gasteiger partial charge on any atom is -0.465 e. The van der Waals surface area contributed by atoms with E-state index in [1.54, 1.807) is 19.2 Å². The molecule has 41 heavy (non-hydrogen) atoms. The second kappa shape index (κ2) is 11.6. The van der Waals surface area contributed by atoms with Crippen molar-refractivity contribution in [2.45, 2.75) is 31.5 Å². The molecule has 2 aliphatic heterocycles. The number of imidazole rings is 1. The van der Waals surface area contributed by atoms with E-state index in [1.165, 1.54) is 15.6 Å². The zero-order valence-electron chi connectivity index (χ0n) is 22.9. The van der Waals surface area contributed by atoms with Crippen molar-refractivity contribution in [1.29, 1.82) is 10.5 Å². The van der Waals surface area contributed by atoms with Crippen molar-refractivity contribution >= 4 is 46.5 Å². The Kier molecular flexibility index (Phi) is 7.99. The van der Waals surface area contributed by atoms with Crippen molar-refractivity contribution < 1.29 is 14.6 Å². The minimum absolute atomic E-state index is 0.129. The lowest BCUT2D eigenvalue weighted by atomic mass is 9.94. The van der Waals surface area contributed by atoms with E-state index >= 15 is 0 Å². The van der Waals surface area contributed by atoms with Crippen molar-refractivity contribution in [1.82, 2.24) is 29.4 Å². The number of nitriles is 2. The molecular weight excluding hydrogens is 550 g/mol. The van der Waals surface area contributed by atoms with Crippen molar-refractivity contribution in [3.63, 3.8) is 0 Å². The van der Waals surface area contributed by atoms with Crippen molar-refractivity contribution in [3.8, 4) is 12.1 Å². The van der Waals surface area contributed by atoms with Gasteiger partial charge >= 0.3 is 6.09 Å². The van der Waals surface area contributed by atoms with Crippen LogP contribution in [0.4, 0.5) is 27.9 Å². The summed E-state index contributed by atoms with van der Waals surface area (Å²) in [5.41, 5.74) is 2.09. The molecule has 2 fully saturated rings. The maximum Gasteiger partial charge on any atom is 0.407 e. The first-order valence-electron chi connectivity index (χ1n) is 13.2. The molecule has 3 N–H and O–H groups in total. The number of piperidine rings is 1. The molecule has 0 saturated carbocycles. The van der Waals surface area contributed by atoms with Crippen LogP contribution in [0.1, 0.15) is 24.6 Å². The summed E-state index contributed by atoms with van der Waals surface area (Å²) in [5, 5.41) is 40.1. The van der Waals surface area contributed by atoms with E-state index in [1.807, 2.05) is 14.0 Å². The minimum atomic E-state index is -0.978. The van der Waals surface area contributed by atoms with Crippen LogP contribution >= 0.6 is 11.6 Å². The summed E-state index contributed by atoms with van der Waals surface area (Å²) in [6.07, 6.45) is 1.02. The largest absolute Gasteiger partial charge is 0.465 e. The molecule has 0 bridgehead atoms. The van der Waals surface area contributed by atoms with E-state index in [4.69, 9.17) is 16.3 Å². The van der Waals surface area contributed by atoms with Crippen LogP contribution in [-0.2, 0) is 4.74 Å². The molecule has 2 aliphatic rings. The zero-order valence-corrected chi connectivity index (χ0v) is 23.6. The van der Waals surface area contributed by atoms with Gasteiger partial charge in [-0.2, -0.15) is 20.0 Å². The number of benzene rings is 1. The molecule has 2 aromatic heterocycles. The average molecular weight is 580 g/mol. The molecule has 5 rings (SSSR count). The highest BCUT2D eigenvalue weighted by Gasteiger charge is 2.40. The molecule has 2 saturated heterocycles. The van der Waals surface area contributed by atoms with E-state index in [0.717, 1.165) is 0 Å². The highest BCUT2D eigenvalue weighted by atomic mass is 35.5. The lowest BCUT2D eigenvalue weighted by Gasteiger charge is -2.49. The molecule has 0 spiro atoms. The zero-order chi connectivity index (χ0) is 29.3. The van der Waals surface area contributed by atoms with Gasteiger partial charge in [0.2, 0.25) is 5.95 Å². The second-order valence-electron chi connectivity index (χ2n) is 10.0. The monoisotopic (exact) mass is 579 g/mol. The van der Waals surface area contributed by atoms with Gasteiger partial charge in [-0.15, -0.1) is 5.10 Å². The first-order valence-corrected chi connectivity index (χ1v) is 13.5. The van der Waals surface area contributed by atoms with Crippen LogP contribution < -0.4 is 15.5 Å². The van der Waals surface area contributed by atoms with Gasteiger partial charge in [0.1, 0.15) is 6.07 Å². The SMILES string of the molecule is CCNc1nc(Nc2cc(C#N)cc(N3CC[C@@H](N(C)C(=O)O)[C@H](N(C)C4COC4)C3)c2Cl)nn2c(C#N)cnc12. The van der Waals surface area contributed by atoms with Crippen molar-refractivity contribution in [2.24, 2.45) is 0 Å². The predicted molar refractivity (Wildman–Crippen MR) is 152 cm³/mol. The maximum absolute atomic E-state index is 11.9. The number of halogens is 1. The molecule has 3 aromatic rings. The summed E-state index contributed by atoms with van der Waals surface area (Å²) in [6.45, 7) is 4.72. The van der Waals surface area contributed by atoms with Crippen LogP contribution in [0.25, 0.3) is 5.65 Å². The molecule has 14 nitrogen and oxygen atoms in total. The Bertz CT molecular complexity index is 1540. The predicted octanol–water partition coefficient (Wildman–Crippen LogP) is 2.58. The number of hydrogen-bond donors (Lipinski definition) is 3. The molecule has 1 amide bonds. The standard InChI is InChI=1S/C26H30ClN11O3/c1-4-30-23-24-31-11-16(10-29)38(24)34-25(33-23)32-18-7-15(9-28)8-20(22(18)27)37-6-5-19(36(3)26(39)40)21(12-37)35(2)17-13-41-14-17/h7-8,11,17,19,21H,4-6,12-14H2,1-3H3,(H,39,40)(H2,30,32,33,34)/t19-,21-/m1/s1. The van der Waals surface area contributed by atoms with Gasteiger partial charge < -0.3 is 30.3 Å². The molecule has 2 atom stereocenters. The van der Waals surface area contributed by atoms with E-state index in [-0.39, 0.29) is 29.8 Å². The third kappa shape index (κ3) is 5.37. The van der Waals surface area contributed by atoms with E-state index in [9.17, 15) is 20.4 Å². The number of nitrogens with one attached hydrogen (secondary N) is 2. The summed E-state index contributed by atoms with van der Waals surface area (Å²) in [6, 6.07) is 7.46. The summed E-state index contributed by atoms with van der Waals surface area (Å²) < 4.78 is 6.79. The molecular formula is C26H30ClN11O3. The van der Waals surface area contributed by atoms with Crippen molar-refractivity contribution in [2.75, 3.05) is 62.5 Å². The normalized spacial score (nSPS) is 19.0. The molecule has 214 valence electrons. The number of anilines is 4. The number of hydrogen-bond acceptors (Lipinski definition) is 11. The number of fused-ring (bicyclic) bond motifs is 1. The van der Waals surface area contributed by atoms with Crippen LogP contribution in [-0.4, -0.2) is 106 Å². The molecule has 0 aliphatic carbocycles. The van der Waals surface area contributed by atoms with Crippen LogP contribution in [0.15, 0.2) is 18.3 Å². The summed E-state index contributed by atoms with van der Waals surface area (Å²) in [4.78, 5) is 26.3. The Balaban J connectivity index is 1.49. The van der Waals surface area contributed by atoms with Crippen LogP contribution in [0.2, 0.25) is 5.02 Å². The number of amides is 1. The van der Waals surface area contributed by atoms with Crippen LogP contribution in [0.5, 0.6) is 0 Å². The highest BCUT2D eigenvalue weighted by molar-refractivity contribution is 6.36. The average Bonchev–Trinajstić information content (AvgIpc) is 3.36. The third-order valence-corrected chi connectivity index (χ3v) is 8.05. The third-order valence-electron chi connectivity index (χ3n) is 7.66. The fraction of sp³-hybridized carbons (Fsp3) is 0.462. The van der Waals surface area contributed by atoms with Gasteiger partial charge in [0.25, 0.3) is 0 Å². The number of carbonyl (C=O) groups is 1. The quantitative estimate of drug-likeness (QED) is 0.357. The fourth-order valence-corrected chi connectivity index (χ4v) is 5.55. The highest BCUT2D eigenvalue weighted by Crippen LogP contribution is 2.38. The van der Waals surface area contributed by atoms with Gasteiger partial charge in [-0.1, -0.05) is 11.6 Å². The lowest BCUT2D eigenvalue weighted by molar-refractivity contribution is -0.0794. The van der Waals surface area contributed by atoms with Crippen LogP contribution in [0.3, 0.4) is 0 Å². The smallest absolute Gasteiger partial charge is 0.407 e. The first-order chi connectivity index (χ1) is 19.7. The summed E-state index contributed by atoms with van der Waals surface area (Å²) in [7, 11) is 3.59. The molecule has 4 heterocycles. The van der Waals surface area contributed by atoms with Gasteiger partial charge in [0.05, 0.1) is 59.5 Å². The topological polar surface area (TPSA) is 171 Å². The van der Waals surface area contributed by atoms with Gasteiger partial charge in [0.15, 0.2) is 17.2 Å². The molecule has 0 unspecified atom stereocenters. The van der Waals surface area contributed by atoms with Gasteiger partial charge in [-0.3, -0.25) is 4.90 Å². The fourth-order valence-electron chi connectivity index (χ4n) is 5.27. The lowest BCUT2D eigenvalue weighted by Crippen LogP contribution is -2.64. The Labute approximate surface area is 241 Å². The van der Waals surface area contributed by atoms with Crippen LogP contribution in [0, 0.1) is 22.7 Å². The summed E-state index contributed by atoms with van der Waals surface area (Å²) >= 11 is 6.96. The number of aromatic nitrogens is 4.